The van der Waals surface area contributed by atoms with Crippen molar-refractivity contribution in [3.05, 3.63) is 197 Å². The summed E-state index contributed by atoms with van der Waals surface area (Å²) in [7, 11) is 0. The number of benzene rings is 6. The molecule has 0 fully saturated rings. The van der Waals surface area contributed by atoms with Gasteiger partial charge in [-0.3, -0.25) is 0 Å². The zero-order chi connectivity index (χ0) is 39.2. The summed E-state index contributed by atoms with van der Waals surface area (Å²) < 4.78 is 0. The van der Waals surface area contributed by atoms with E-state index in [1.165, 1.54) is 50.1 Å². The topological polar surface area (TPSA) is 3.24 Å². The second-order valence-corrected chi connectivity index (χ2v) is 17.6. The van der Waals surface area contributed by atoms with Gasteiger partial charge in [0.05, 0.1) is 0 Å². The minimum Gasteiger partial charge on any atom is -0.311 e. The fraction of sp³-hybridized carbons (Fsp3) is 0.222. The van der Waals surface area contributed by atoms with E-state index in [2.05, 4.69) is 249 Å². The summed E-state index contributed by atoms with van der Waals surface area (Å²) in [5.74, 6) is 0. The highest BCUT2D eigenvalue weighted by molar-refractivity contribution is 5.89. The van der Waals surface area contributed by atoms with E-state index in [0.29, 0.717) is 0 Å². The number of nitrogens with zero attached hydrogens (tertiary/aromatic N) is 1. The molecule has 0 bridgehead atoms. The summed E-state index contributed by atoms with van der Waals surface area (Å²) in [6, 6.07) is 59.2. The Morgan fingerprint density at radius 2 is 0.527 bits per heavy atom. The molecule has 0 spiro atoms. The van der Waals surface area contributed by atoms with Gasteiger partial charge < -0.3 is 4.90 Å². The fourth-order valence-corrected chi connectivity index (χ4v) is 7.16. The van der Waals surface area contributed by atoms with Crippen molar-refractivity contribution < 1.29 is 0 Å². The van der Waals surface area contributed by atoms with Crippen molar-refractivity contribution in [1.29, 1.82) is 0 Å². The maximum absolute atomic E-state index is 2.38. The average molecular weight is 720 g/mol. The second kappa shape index (κ2) is 16.4. The van der Waals surface area contributed by atoms with Crippen LogP contribution in [-0.2, 0) is 0 Å². The molecule has 6 aromatic rings. The summed E-state index contributed by atoms with van der Waals surface area (Å²) >= 11 is 0. The maximum atomic E-state index is 2.38. The predicted molar refractivity (Wildman–Crippen MR) is 242 cm³/mol. The molecule has 0 aliphatic rings. The van der Waals surface area contributed by atoms with Crippen LogP contribution in [0, 0.1) is 16.2 Å². The Balaban J connectivity index is 1.44. The number of rotatable bonds is 9. The van der Waals surface area contributed by atoms with Gasteiger partial charge in [-0.05, 0) is 103 Å². The van der Waals surface area contributed by atoms with Crippen molar-refractivity contribution in [3.8, 4) is 0 Å². The van der Waals surface area contributed by atoms with Crippen molar-refractivity contribution in [2.24, 2.45) is 16.2 Å². The summed E-state index contributed by atoms with van der Waals surface area (Å²) in [5, 5.41) is 0. The molecule has 1 heteroatoms. The number of allylic oxidation sites excluding steroid dienone is 3. The van der Waals surface area contributed by atoms with E-state index in [9.17, 15) is 0 Å². The van der Waals surface area contributed by atoms with Crippen LogP contribution < -0.4 is 4.90 Å². The Kier molecular flexibility index (Phi) is 11.6. The van der Waals surface area contributed by atoms with E-state index in [1.807, 2.05) is 0 Å². The van der Waals surface area contributed by atoms with Gasteiger partial charge in [0.25, 0.3) is 0 Å². The van der Waals surface area contributed by atoms with Crippen molar-refractivity contribution in [2.45, 2.75) is 62.3 Å². The lowest BCUT2D eigenvalue weighted by Crippen LogP contribution is -2.12. The molecule has 0 radical (unpaired) electrons. The molecular formula is C54H57N. The van der Waals surface area contributed by atoms with E-state index >= 15 is 0 Å². The van der Waals surface area contributed by atoms with Crippen LogP contribution in [0.1, 0.15) is 95.7 Å². The lowest BCUT2D eigenvalue weighted by Gasteiger charge is -2.29. The molecule has 6 aromatic carbocycles. The standard InChI is InChI=1S/C54H57N/c1-52(2,3)49(37-40-19-13-10-14-20-40)43-25-31-46(32-26-43)55(47-33-27-44(28-34-47)50(53(4,5)6)38-41-21-15-11-16-22-41)48-35-29-45(30-36-48)51(54(7,8)9)39-42-23-17-12-18-24-42/h10-39H,1-9H3/b49-37+,50-38+,51-39+. The van der Waals surface area contributed by atoms with Gasteiger partial charge in [-0.1, -0.05) is 208 Å². The SMILES string of the molecule is CC(C)(C)/C(=C/c1ccccc1)c1ccc(N(c2ccc(/C(=C\c3ccccc3)C(C)(C)C)cc2)c2ccc(/C(=C\c3ccccc3)C(C)(C)C)cc2)cc1. The smallest absolute Gasteiger partial charge is 0.0462 e. The Morgan fingerprint density at radius 3 is 0.727 bits per heavy atom. The van der Waals surface area contributed by atoms with Crippen molar-refractivity contribution in [3.63, 3.8) is 0 Å². The van der Waals surface area contributed by atoms with Gasteiger partial charge in [-0.15, -0.1) is 0 Å². The van der Waals surface area contributed by atoms with E-state index in [1.54, 1.807) is 0 Å². The first-order valence-electron chi connectivity index (χ1n) is 19.6. The van der Waals surface area contributed by atoms with Crippen LogP contribution in [0.3, 0.4) is 0 Å². The monoisotopic (exact) mass is 719 g/mol. The Morgan fingerprint density at radius 1 is 0.309 bits per heavy atom. The fourth-order valence-electron chi connectivity index (χ4n) is 7.16. The number of hydrogen-bond acceptors (Lipinski definition) is 1. The molecule has 0 atom stereocenters. The van der Waals surface area contributed by atoms with Crippen molar-refractivity contribution in [2.75, 3.05) is 4.90 Å². The van der Waals surface area contributed by atoms with E-state index < -0.39 is 0 Å². The molecule has 0 aliphatic heterocycles. The second-order valence-electron chi connectivity index (χ2n) is 17.6. The normalized spacial score (nSPS) is 13.1. The minimum atomic E-state index is -0.0290. The zero-order valence-electron chi connectivity index (χ0n) is 34.3. The Labute approximate surface area is 331 Å². The third-order valence-electron chi connectivity index (χ3n) is 10.1. The first-order valence-corrected chi connectivity index (χ1v) is 19.6. The molecule has 0 amide bonds. The van der Waals surface area contributed by atoms with Gasteiger partial charge in [0.2, 0.25) is 0 Å². The van der Waals surface area contributed by atoms with Gasteiger partial charge in [0.1, 0.15) is 0 Å². The molecule has 0 saturated heterocycles. The molecule has 0 heterocycles. The lowest BCUT2D eigenvalue weighted by atomic mass is 9.80. The highest BCUT2D eigenvalue weighted by atomic mass is 15.1. The number of anilines is 3. The van der Waals surface area contributed by atoms with Crippen LogP contribution >= 0.6 is 0 Å². The van der Waals surface area contributed by atoms with Gasteiger partial charge in [0, 0.05) is 17.1 Å². The molecule has 0 aromatic heterocycles. The summed E-state index contributed by atoms with van der Waals surface area (Å²) in [4.78, 5) is 2.38. The van der Waals surface area contributed by atoms with Crippen molar-refractivity contribution in [1.82, 2.24) is 0 Å². The largest absolute Gasteiger partial charge is 0.311 e. The van der Waals surface area contributed by atoms with E-state index in [4.69, 9.17) is 0 Å². The minimum absolute atomic E-state index is 0.0290. The third kappa shape index (κ3) is 9.91. The van der Waals surface area contributed by atoms with Crippen LogP contribution in [0.5, 0.6) is 0 Å². The molecule has 0 unspecified atom stereocenters. The molecule has 0 N–H and O–H groups in total. The summed E-state index contributed by atoms with van der Waals surface area (Å²) in [6.07, 6.45) is 6.99. The van der Waals surface area contributed by atoms with Gasteiger partial charge in [-0.25, -0.2) is 0 Å². The average Bonchev–Trinajstić information content (AvgIpc) is 3.16. The van der Waals surface area contributed by atoms with E-state index in [-0.39, 0.29) is 16.2 Å². The summed E-state index contributed by atoms with van der Waals surface area (Å²) in [6.45, 7) is 20.6. The van der Waals surface area contributed by atoms with Crippen LogP contribution in [0.2, 0.25) is 0 Å². The van der Waals surface area contributed by atoms with E-state index in [0.717, 1.165) is 17.1 Å². The van der Waals surface area contributed by atoms with Crippen LogP contribution in [0.4, 0.5) is 17.1 Å². The maximum Gasteiger partial charge on any atom is 0.0462 e. The lowest BCUT2D eigenvalue weighted by molar-refractivity contribution is 0.569. The van der Waals surface area contributed by atoms with Crippen LogP contribution in [0.15, 0.2) is 164 Å². The number of hydrogen-bond donors (Lipinski definition) is 0. The summed E-state index contributed by atoms with van der Waals surface area (Å²) in [5.41, 5.74) is 14.5. The zero-order valence-corrected chi connectivity index (χ0v) is 34.3. The molecule has 1 nitrogen and oxygen atoms in total. The van der Waals surface area contributed by atoms with Gasteiger partial charge >= 0.3 is 0 Å². The molecule has 278 valence electrons. The van der Waals surface area contributed by atoms with Gasteiger partial charge in [-0.2, -0.15) is 0 Å². The van der Waals surface area contributed by atoms with Crippen LogP contribution in [-0.4, -0.2) is 0 Å². The third-order valence-corrected chi connectivity index (χ3v) is 10.1. The highest BCUT2D eigenvalue weighted by Crippen LogP contribution is 2.42. The molecule has 0 aliphatic carbocycles. The molecular weight excluding hydrogens is 663 g/mol. The molecule has 55 heavy (non-hydrogen) atoms. The quantitative estimate of drug-likeness (QED) is 0.135. The first-order chi connectivity index (χ1) is 26.2. The highest BCUT2D eigenvalue weighted by Gasteiger charge is 2.23. The predicted octanol–water partition coefficient (Wildman–Crippen LogP) is 15.9. The van der Waals surface area contributed by atoms with Crippen LogP contribution in [0.25, 0.3) is 34.9 Å². The Bertz CT molecular complexity index is 1970. The Hall–Kier alpha value is -5.66. The molecule has 6 rings (SSSR count). The van der Waals surface area contributed by atoms with Gasteiger partial charge in [0.15, 0.2) is 0 Å². The molecule has 0 saturated carbocycles. The van der Waals surface area contributed by atoms with Crippen molar-refractivity contribution >= 4 is 52.0 Å². The first kappa shape index (κ1) is 39.0.